The number of aliphatic hydroxyl groups is 3. The van der Waals surface area contributed by atoms with E-state index in [1.54, 1.807) is 34.0 Å². The Morgan fingerprint density at radius 2 is 0.774 bits per heavy atom. The number of benzene rings is 1. The van der Waals surface area contributed by atoms with Crippen LogP contribution in [0.2, 0.25) is 0 Å². The maximum Gasteiger partial charge on any atom is 0.326 e. The van der Waals surface area contributed by atoms with Crippen LogP contribution in [0.15, 0.2) is 36.8 Å². The fourth-order valence-electron chi connectivity index (χ4n) is 11.8. The Morgan fingerprint density at radius 3 is 1.21 bits per heavy atom. The number of aliphatic hydroxyl groups excluding tert-OH is 3. The van der Waals surface area contributed by atoms with E-state index in [0.717, 1.165) is 13.8 Å². The molecule has 124 heavy (non-hydrogen) atoms. The number of hydrogen-bond donors (Lipinski definition) is 26. The summed E-state index contributed by atoms with van der Waals surface area (Å²) in [5.74, 6) is -27.0. The maximum absolute atomic E-state index is 14.5. The molecule has 0 radical (unpaired) electrons. The molecule has 48 heteroatoms. The molecule has 1 aromatic carbocycles. The highest BCUT2D eigenvalue weighted by Gasteiger charge is 2.41. The van der Waals surface area contributed by atoms with Crippen molar-refractivity contribution in [1.29, 1.82) is 0 Å². The normalized spacial score (nSPS) is 15.4. The first-order valence-corrected chi connectivity index (χ1v) is 41.0. The number of aromatic nitrogens is 2. The van der Waals surface area contributed by atoms with Crippen LogP contribution < -0.4 is 91.2 Å². The minimum atomic E-state index is -2.18. The molecule has 2 aromatic rings. The van der Waals surface area contributed by atoms with Crippen molar-refractivity contribution in [2.75, 3.05) is 25.2 Å². The molecule has 47 nitrogen and oxygen atoms in total. The molecule has 0 fully saturated rings. The standard InChI is InChI=1S/C76H119N19O28S/c1-33(2)23-46(88-74(120)60(38(10)97)95-75(121)61(39(11)98)94-70(116)47(82-54(101)29-77)25-40-13-15-42(99)16-14-40)66(112)83-44(18-20-55(102)103)63(109)81-37(9)62(108)92-59(36(7)8)73(119)93-58(35(5)6)72(118)89-48(26-41-30-79-32-80-41)67(113)85-45(21-22-124-12)65(111)91-52(31-96)71(117)84-43(17-19-53(78)100)64(110)86-49(27-56(104)105)68(114)87-50(28-57(106)107)69(115)90-51(76(122)123)24-34(3)4/h13-16,30,32-39,43-52,58-61,96-99H,17-29,31,77H2,1-12H3,(H2,78,100)(H,79,80)(H,81,109)(H,82,101)(H,83,112)(H,84,117)(H,85,113)(H,86,110)(H,87,114)(H,88,120)(H,89,118)(H,90,115)(H,91,111)(H,92,108)(H,93,119)(H,94,116)(H,95,121)(H,102,103)(H,104,105)(H,106,107)(H,122,123)/t37-,38+,39+,43-,44-,45-,46-,47-,48-,49-,50-,51-,52-,58-,59-,60-,61-/m0/s1. The Kier molecular flexibility index (Phi) is 46.7. The van der Waals surface area contributed by atoms with E-state index >= 15 is 0 Å². The number of thioether (sulfide) groups is 1. The number of imidazole rings is 1. The third-order valence-electron chi connectivity index (χ3n) is 18.5. The van der Waals surface area contributed by atoms with Gasteiger partial charge in [0.15, 0.2) is 0 Å². The minimum Gasteiger partial charge on any atom is -0.508 e. The van der Waals surface area contributed by atoms with E-state index in [4.69, 9.17) is 11.5 Å². The molecule has 0 saturated carbocycles. The van der Waals surface area contributed by atoms with Gasteiger partial charge in [0.25, 0.3) is 0 Å². The van der Waals surface area contributed by atoms with Crippen molar-refractivity contribution in [2.24, 2.45) is 35.1 Å². The number of carbonyl (C=O) groups is 20. The fraction of sp³-hybridized carbons (Fsp3) is 0.618. The third-order valence-corrected chi connectivity index (χ3v) is 19.2. The minimum absolute atomic E-state index is 0.102. The molecule has 0 saturated heterocycles. The molecule has 0 bridgehead atoms. The van der Waals surface area contributed by atoms with Gasteiger partial charge in [0.05, 0.1) is 44.5 Å². The van der Waals surface area contributed by atoms with E-state index in [-0.39, 0.29) is 55.2 Å². The lowest BCUT2D eigenvalue weighted by Crippen LogP contribution is -2.63. The summed E-state index contributed by atoms with van der Waals surface area (Å²) in [5.41, 5.74) is 11.5. The van der Waals surface area contributed by atoms with Gasteiger partial charge in [0.1, 0.15) is 96.4 Å². The number of nitrogens with two attached hydrogens (primary N) is 2. The number of hydrogen-bond acceptors (Lipinski definition) is 27. The second kappa shape index (κ2) is 53.7. The van der Waals surface area contributed by atoms with Crippen LogP contribution in [0.25, 0.3) is 0 Å². The zero-order valence-corrected chi connectivity index (χ0v) is 71.6. The molecule has 0 unspecified atom stereocenters. The van der Waals surface area contributed by atoms with Crippen molar-refractivity contribution in [3.8, 4) is 5.75 Å². The molecular formula is C76H119N19O28S. The highest BCUT2D eigenvalue weighted by atomic mass is 32.2. The summed E-state index contributed by atoms with van der Waals surface area (Å²) in [5, 5.41) is 115. The number of aromatic hydroxyl groups is 1. The van der Waals surface area contributed by atoms with Crippen molar-refractivity contribution >= 4 is 130 Å². The Bertz CT molecular complexity index is 4020. The van der Waals surface area contributed by atoms with Gasteiger partial charge in [-0.1, -0.05) is 67.5 Å². The smallest absolute Gasteiger partial charge is 0.326 e. The van der Waals surface area contributed by atoms with Crippen molar-refractivity contribution in [2.45, 2.75) is 250 Å². The number of nitrogens with one attached hydrogen (secondary N) is 16. The lowest BCUT2D eigenvalue weighted by atomic mass is 9.98. The molecule has 0 aliphatic heterocycles. The zero-order valence-electron chi connectivity index (χ0n) is 70.7. The van der Waals surface area contributed by atoms with Crippen molar-refractivity contribution in [3.05, 3.63) is 48.0 Å². The SMILES string of the molecule is CSCC[C@H](NC(=O)[C@H](Cc1cnc[nH]1)NC(=O)[C@@H](NC(=O)[C@@H](NC(=O)[C@H](C)NC(=O)[C@H](CCC(=O)O)NC(=O)[C@H](CC(C)C)NC(=O)[C@@H](NC(=O)[C@@H](NC(=O)[C@H](Cc1ccc(O)cc1)NC(=O)CN)[C@@H](C)O)[C@@H](C)O)C(C)C)C(C)C)C(=O)N[C@@H](CO)C(=O)N[C@@H](CCC(N)=O)C(=O)N[C@@H](CC(=O)O)C(=O)N[C@@H](CC(=O)O)C(=O)N[C@@H](CC(C)C)C(=O)O. The first-order valence-electron chi connectivity index (χ1n) is 39.6. The highest BCUT2D eigenvalue weighted by molar-refractivity contribution is 7.98. The molecular weight excluding hydrogens is 1660 g/mol. The second-order valence-corrected chi connectivity index (χ2v) is 31.9. The Balaban J connectivity index is 2.42. The number of amides is 16. The number of aromatic amines is 1. The molecule has 0 aliphatic carbocycles. The number of nitrogens with zero attached hydrogens (tertiary/aromatic N) is 1. The van der Waals surface area contributed by atoms with Crippen LogP contribution in [0, 0.1) is 23.7 Å². The van der Waals surface area contributed by atoms with Crippen LogP contribution in [0.3, 0.4) is 0 Å². The average molecular weight is 1780 g/mol. The number of carbonyl (C=O) groups excluding carboxylic acids is 16. The summed E-state index contributed by atoms with van der Waals surface area (Å²) in [4.78, 5) is 275. The van der Waals surface area contributed by atoms with Crippen LogP contribution in [0.5, 0.6) is 5.75 Å². The van der Waals surface area contributed by atoms with Gasteiger partial charge in [-0.3, -0.25) is 91.1 Å². The molecule has 28 N–H and O–H groups in total. The molecule has 17 atom stereocenters. The van der Waals surface area contributed by atoms with Gasteiger partial charge in [-0.15, -0.1) is 0 Å². The van der Waals surface area contributed by atoms with Gasteiger partial charge >= 0.3 is 23.9 Å². The summed E-state index contributed by atoms with van der Waals surface area (Å²) in [7, 11) is 0. The molecule has 1 heterocycles. The van der Waals surface area contributed by atoms with E-state index in [0.29, 0.717) is 5.56 Å². The van der Waals surface area contributed by atoms with Crippen molar-refractivity contribution in [1.82, 2.24) is 89.7 Å². The van der Waals surface area contributed by atoms with Gasteiger partial charge in [-0.25, -0.2) is 9.78 Å². The maximum atomic E-state index is 14.5. The number of carboxylic acid groups (broad SMARTS) is 4. The zero-order chi connectivity index (χ0) is 94.3. The average Bonchev–Trinajstić information content (AvgIpc) is 1.29. The third kappa shape index (κ3) is 38.9. The van der Waals surface area contributed by atoms with E-state index < -0.39 is 291 Å². The van der Waals surface area contributed by atoms with Crippen LogP contribution >= 0.6 is 11.8 Å². The molecule has 1 aromatic heterocycles. The van der Waals surface area contributed by atoms with Gasteiger partial charge < -0.3 is 137 Å². The van der Waals surface area contributed by atoms with Crippen molar-refractivity contribution in [3.63, 3.8) is 0 Å². The van der Waals surface area contributed by atoms with Gasteiger partial charge in [-0.05, 0) is 106 Å². The van der Waals surface area contributed by atoms with Crippen LogP contribution in [-0.4, -0.2) is 297 Å². The van der Waals surface area contributed by atoms with E-state index in [1.807, 2.05) is 10.6 Å². The van der Waals surface area contributed by atoms with E-state index in [9.17, 15) is 137 Å². The molecule has 692 valence electrons. The summed E-state index contributed by atoms with van der Waals surface area (Å²) in [6, 6.07) is -20.6. The quantitative estimate of drug-likeness (QED) is 0.0292. The predicted molar refractivity (Wildman–Crippen MR) is 437 cm³/mol. The molecule has 0 spiro atoms. The predicted octanol–water partition coefficient (Wildman–Crippen LogP) is -7.77. The monoisotopic (exact) mass is 1780 g/mol. The Labute approximate surface area is 717 Å². The number of phenols is 1. The summed E-state index contributed by atoms with van der Waals surface area (Å²) < 4.78 is 0. The van der Waals surface area contributed by atoms with Crippen LogP contribution in [-0.2, 0) is 109 Å². The number of primary amides is 1. The highest BCUT2D eigenvalue weighted by Crippen LogP contribution is 2.17. The summed E-state index contributed by atoms with van der Waals surface area (Å²) >= 11 is 1.19. The van der Waals surface area contributed by atoms with Gasteiger partial charge in [-0.2, -0.15) is 11.8 Å². The Hall–Kier alpha value is -12.2. The lowest BCUT2D eigenvalue weighted by Gasteiger charge is -2.30. The number of H-pyrrole nitrogens is 1. The van der Waals surface area contributed by atoms with E-state index in [2.05, 4.69) is 79.1 Å². The molecule has 16 amide bonds. The summed E-state index contributed by atoms with van der Waals surface area (Å²) in [6.45, 7) is 14.1. The van der Waals surface area contributed by atoms with E-state index in [1.165, 1.54) is 83.2 Å². The second-order valence-electron chi connectivity index (χ2n) is 30.9. The van der Waals surface area contributed by atoms with Crippen LogP contribution in [0.1, 0.15) is 145 Å². The van der Waals surface area contributed by atoms with Gasteiger partial charge in [0.2, 0.25) is 94.5 Å². The largest absolute Gasteiger partial charge is 0.508 e. The number of carboxylic acids is 4. The molecule has 2 rings (SSSR count). The number of rotatable bonds is 57. The summed E-state index contributed by atoms with van der Waals surface area (Å²) in [6.07, 6.45) is -5.53. The van der Waals surface area contributed by atoms with Gasteiger partial charge in [0, 0.05) is 37.6 Å². The van der Waals surface area contributed by atoms with Crippen LogP contribution in [0.4, 0.5) is 0 Å². The lowest BCUT2D eigenvalue weighted by molar-refractivity contribution is -0.145. The first kappa shape index (κ1) is 108. The first-order chi connectivity index (χ1) is 57.9. The number of aliphatic carboxylic acids is 4. The fourth-order valence-corrected chi connectivity index (χ4v) is 12.3. The Morgan fingerprint density at radius 1 is 0.411 bits per heavy atom. The topological polar surface area (TPSA) is 764 Å². The molecule has 0 aliphatic rings. The van der Waals surface area contributed by atoms with Crippen molar-refractivity contribution < 1.29 is 137 Å². The number of phenolic OH excluding ortho intramolecular Hbond substituents is 1.